The van der Waals surface area contributed by atoms with Gasteiger partial charge in [0.05, 0.1) is 11.5 Å². The van der Waals surface area contributed by atoms with E-state index in [1.165, 1.54) is 25.7 Å². The van der Waals surface area contributed by atoms with Gasteiger partial charge in [0.1, 0.15) is 0 Å². The molecule has 1 aromatic rings. The van der Waals surface area contributed by atoms with Gasteiger partial charge in [-0.3, -0.25) is 4.79 Å². The van der Waals surface area contributed by atoms with Crippen molar-refractivity contribution < 1.29 is 17.9 Å². The van der Waals surface area contributed by atoms with Crippen molar-refractivity contribution in [2.45, 2.75) is 31.1 Å². The number of carbonyl (C=O) groups is 1. The number of hydrogen-bond acceptors (Lipinski definition) is 4. The number of ether oxygens (including phenoxy) is 1. The Morgan fingerprint density at radius 2 is 2.09 bits per heavy atom. The summed E-state index contributed by atoms with van der Waals surface area (Å²) in [4.78, 5) is 12.4. The van der Waals surface area contributed by atoms with E-state index in [0.29, 0.717) is 24.6 Å². The molecule has 1 aliphatic carbocycles. The Balaban J connectivity index is 2.09. The number of benzene rings is 1. The van der Waals surface area contributed by atoms with Crippen LogP contribution in [0.25, 0.3) is 0 Å². The van der Waals surface area contributed by atoms with Crippen LogP contribution in [-0.4, -0.2) is 41.1 Å². The summed E-state index contributed by atoms with van der Waals surface area (Å²) in [6, 6.07) is 4.59. The average Bonchev–Trinajstić information content (AvgIpc) is 2.45. The van der Waals surface area contributed by atoms with E-state index in [4.69, 9.17) is 4.74 Å². The number of aryl methyl sites for hydroxylation is 1. The summed E-state index contributed by atoms with van der Waals surface area (Å²) >= 11 is 0. The van der Waals surface area contributed by atoms with Crippen LogP contribution in [0.5, 0.6) is 0 Å². The lowest BCUT2D eigenvalue weighted by Gasteiger charge is -2.25. The molecule has 7 heteroatoms. The van der Waals surface area contributed by atoms with Crippen LogP contribution in [0.3, 0.4) is 0 Å². The summed E-state index contributed by atoms with van der Waals surface area (Å²) in [6.07, 6.45) is 3.52. The van der Waals surface area contributed by atoms with Gasteiger partial charge < -0.3 is 10.1 Å². The fourth-order valence-electron chi connectivity index (χ4n) is 2.40. The van der Waals surface area contributed by atoms with E-state index in [9.17, 15) is 13.2 Å². The van der Waals surface area contributed by atoms with Crippen molar-refractivity contribution in [2.24, 2.45) is 5.92 Å². The molecular weight excluding hydrogens is 316 g/mol. The molecule has 0 aromatic heterocycles. The predicted octanol–water partition coefficient (Wildman–Crippen LogP) is 1.45. The molecule has 0 radical (unpaired) electrons. The highest BCUT2D eigenvalue weighted by atomic mass is 32.2. The van der Waals surface area contributed by atoms with Crippen LogP contribution >= 0.6 is 0 Å². The number of nitrogens with one attached hydrogen (secondary N) is 2. The molecule has 0 aliphatic heterocycles. The van der Waals surface area contributed by atoms with Gasteiger partial charge >= 0.3 is 0 Å². The maximum absolute atomic E-state index is 12.3. The molecule has 1 fully saturated rings. The van der Waals surface area contributed by atoms with Gasteiger partial charge in [-0.2, -0.15) is 0 Å². The van der Waals surface area contributed by atoms with E-state index < -0.39 is 10.0 Å². The lowest BCUT2D eigenvalue weighted by molar-refractivity contribution is 0.0938. The first kappa shape index (κ1) is 17.9. The molecule has 0 heterocycles. The highest BCUT2D eigenvalue weighted by Crippen LogP contribution is 2.25. The van der Waals surface area contributed by atoms with E-state index in [1.807, 2.05) is 0 Å². The molecule has 6 nitrogen and oxygen atoms in total. The van der Waals surface area contributed by atoms with Gasteiger partial charge in [0.2, 0.25) is 10.0 Å². The summed E-state index contributed by atoms with van der Waals surface area (Å²) in [5.74, 6) is 0.338. The van der Waals surface area contributed by atoms with Gasteiger partial charge in [-0.1, -0.05) is 12.5 Å². The molecule has 1 aromatic carbocycles. The SMILES string of the molecule is COCCNS(=O)(=O)c1ccc(C)c(C(=O)NCC2CCC2)c1. The Hall–Kier alpha value is -1.44. The summed E-state index contributed by atoms with van der Waals surface area (Å²) in [6.45, 7) is 2.93. The third-order valence-corrected chi connectivity index (χ3v) is 5.60. The second-order valence-electron chi connectivity index (χ2n) is 5.87. The Morgan fingerprint density at radius 3 is 2.70 bits per heavy atom. The Labute approximate surface area is 137 Å². The minimum absolute atomic E-state index is 0.0907. The number of carbonyl (C=O) groups excluding carboxylic acids is 1. The van der Waals surface area contributed by atoms with E-state index in [0.717, 1.165) is 18.4 Å². The average molecular weight is 340 g/mol. The molecule has 2 N–H and O–H groups in total. The van der Waals surface area contributed by atoms with Crippen molar-refractivity contribution in [3.05, 3.63) is 29.3 Å². The number of hydrogen-bond donors (Lipinski definition) is 2. The second-order valence-corrected chi connectivity index (χ2v) is 7.64. The minimum atomic E-state index is -3.64. The van der Waals surface area contributed by atoms with Gasteiger partial charge in [0, 0.05) is 25.8 Å². The van der Waals surface area contributed by atoms with Crippen molar-refractivity contribution >= 4 is 15.9 Å². The normalized spacial score (nSPS) is 15.2. The number of methoxy groups -OCH3 is 1. The van der Waals surface area contributed by atoms with Crippen molar-refractivity contribution in [2.75, 3.05) is 26.8 Å². The summed E-state index contributed by atoms with van der Waals surface area (Å²) in [5, 5.41) is 2.90. The number of amides is 1. The molecule has 0 unspecified atom stereocenters. The summed E-state index contributed by atoms with van der Waals surface area (Å²) in [5.41, 5.74) is 1.16. The van der Waals surface area contributed by atoms with Crippen molar-refractivity contribution in [1.82, 2.24) is 10.0 Å². The third-order valence-electron chi connectivity index (χ3n) is 4.14. The van der Waals surface area contributed by atoms with Gasteiger partial charge in [-0.25, -0.2) is 13.1 Å². The summed E-state index contributed by atoms with van der Waals surface area (Å²) in [7, 11) is -2.14. The molecule has 1 aliphatic rings. The fraction of sp³-hybridized carbons (Fsp3) is 0.562. The van der Waals surface area contributed by atoms with Crippen molar-refractivity contribution in [1.29, 1.82) is 0 Å². The van der Waals surface area contributed by atoms with Gasteiger partial charge in [-0.15, -0.1) is 0 Å². The number of rotatable bonds is 8. The minimum Gasteiger partial charge on any atom is -0.383 e. The maximum Gasteiger partial charge on any atom is 0.251 e. The number of sulfonamides is 1. The van der Waals surface area contributed by atoms with E-state index >= 15 is 0 Å². The van der Waals surface area contributed by atoms with Gasteiger partial charge in [0.25, 0.3) is 5.91 Å². The lowest BCUT2D eigenvalue weighted by atomic mass is 9.85. The smallest absolute Gasteiger partial charge is 0.251 e. The maximum atomic E-state index is 12.3. The molecule has 0 bridgehead atoms. The highest BCUT2D eigenvalue weighted by Gasteiger charge is 2.20. The van der Waals surface area contributed by atoms with Gasteiger partial charge in [-0.05, 0) is 43.4 Å². The van der Waals surface area contributed by atoms with Crippen LogP contribution in [0.1, 0.15) is 35.2 Å². The molecule has 1 amide bonds. The topological polar surface area (TPSA) is 84.5 Å². The van der Waals surface area contributed by atoms with Crippen LogP contribution in [-0.2, 0) is 14.8 Å². The molecule has 0 atom stereocenters. The molecule has 23 heavy (non-hydrogen) atoms. The third kappa shape index (κ3) is 4.76. The molecule has 0 spiro atoms. The monoisotopic (exact) mass is 340 g/mol. The zero-order valence-corrected chi connectivity index (χ0v) is 14.4. The van der Waals surface area contributed by atoms with E-state index in [1.54, 1.807) is 13.0 Å². The van der Waals surface area contributed by atoms with Crippen LogP contribution in [0.2, 0.25) is 0 Å². The first-order chi connectivity index (χ1) is 10.9. The highest BCUT2D eigenvalue weighted by molar-refractivity contribution is 7.89. The van der Waals surface area contributed by atoms with Crippen LogP contribution < -0.4 is 10.0 Å². The Bertz CT molecular complexity index is 654. The molecule has 128 valence electrons. The fourth-order valence-corrected chi connectivity index (χ4v) is 3.44. The molecular formula is C16H24N2O4S. The second kappa shape index (κ2) is 7.90. The zero-order chi connectivity index (χ0) is 16.9. The van der Waals surface area contributed by atoms with Crippen molar-refractivity contribution in [3.63, 3.8) is 0 Å². The standard InChI is InChI=1S/C16H24N2O4S/c1-12-6-7-14(23(20,21)18-8-9-22-2)10-15(12)16(19)17-11-13-4-3-5-13/h6-7,10,13,18H,3-5,8-9,11H2,1-2H3,(H,17,19). The predicted molar refractivity (Wildman–Crippen MR) is 87.9 cm³/mol. The van der Waals surface area contributed by atoms with Crippen LogP contribution in [0, 0.1) is 12.8 Å². The molecule has 0 saturated heterocycles. The first-order valence-corrected chi connectivity index (χ1v) is 9.30. The molecule has 2 rings (SSSR count). The summed E-state index contributed by atoms with van der Waals surface area (Å²) < 4.78 is 31.7. The van der Waals surface area contributed by atoms with Gasteiger partial charge in [0.15, 0.2) is 0 Å². The Kier molecular flexibility index (Phi) is 6.15. The molecule has 1 saturated carbocycles. The Morgan fingerprint density at radius 1 is 1.35 bits per heavy atom. The van der Waals surface area contributed by atoms with Crippen LogP contribution in [0.15, 0.2) is 23.1 Å². The first-order valence-electron chi connectivity index (χ1n) is 7.81. The zero-order valence-electron chi connectivity index (χ0n) is 13.6. The van der Waals surface area contributed by atoms with Crippen molar-refractivity contribution in [3.8, 4) is 0 Å². The lowest BCUT2D eigenvalue weighted by Crippen LogP contribution is -2.33. The van der Waals surface area contributed by atoms with E-state index in [2.05, 4.69) is 10.0 Å². The van der Waals surface area contributed by atoms with Crippen LogP contribution in [0.4, 0.5) is 0 Å². The largest absolute Gasteiger partial charge is 0.383 e. The quantitative estimate of drug-likeness (QED) is 0.702. The van der Waals surface area contributed by atoms with E-state index in [-0.39, 0.29) is 17.3 Å².